The fourth-order valence-electron chi connectivity index (χ4n) is 19.1. The molecule has 8 aromatic heterocycles. The molecule has 24 rings (SSSR count). The van der Waals surface area contributed by atoms with Gasteiger partial charge in [0.1, 0.15) is 0 Å². The SMILES string of the molecule is CC(C)(C)c1ccc2c(c1)c1cc(C(C)(C)C)ccc1n2-c1ccccc1-c1nnc(-c2ccccc2)o1.CC(C)c1ccc2c(c1)c1cc(C(C)C)ccc1n2-c1ccccc1-c1nnc(-c2ccccc2)o1.CCc1ccc2c(c1)c1cc(CC)ccc1n2-c1ccccc1-c1nnc(-c2ccccc2)o1.Cc1ccc2c(c1)c1cc(C)ccc1n2-c1ccccc1-c1nnc(-c2ccccc2)o1. The van der Waals surface area contributed by atoms with Gasteiger partial charge in [0, 0.05) is 65.3 Å². The van der Waals surface area contributed by atoms with E-state index in [1.165, 1.54) is 110 Å². The molecule has 0 aliphatic rings. The van der Waals surface area contributed by atoms with E-state index in [1.807, 2.05) is 158 Å². The molecule has 0 unspecified atom stereocenters. The molecule has 0 fully saturated rings. The summed E-state index contributed by atoms with van der Waals surface area (Å²) in [6.07, 6.45) is 2.02. The highest BCUT2D eigenvalue weighted by Gasteiger charge is 2.28. The molecule has 0 saturated carbocycles. The summed E-state index contributed by atoms with van der Waals surface area (Å²) in [6, 6.07) is 127. The molecule has 140 heavy (non-hydrogen) atoms. The first-order valence-electron chi connectivity index (χ1n) is 48.3. The van der Waals surface area contributed by atoms with Gasteiger partial charge in [-0.1, -0.05) is 264 Å². The van der Waals surface area contributed by atoms with Crippen LogP contribution in [0.5, 0.6) is 0 Å². The lowest BCUT2D eigenvalue weighted by Gasteiger charge is -2.19. The van der Waals surface area contributed by atoms with Gasteiger partial charge in [-0.25, -0.2) is 0 Å². The van der Waals surface area contributed by atoms with E-state index in [1.54, 1.807) is 0 Å². The summed E-state index contributed by atoms with van der Waals surface area (Å²) in [7, 11) is 0. The summed E-state index contributed by atoms with van der Waals surface area (Å²) < 4.78 is 34.0. The van der Waals surface area contributed by atoms with Crippen molar-refractivity contribution in [1.82, 2.24) is 59.1 Å². The molecule has 0 saturated heterocycles. The van der Waals surface area contributed by atoms with Crippen molar-refractivity contribution in [3.8, 4) is 114 Å². The molecular formula is C124H108N12O4. The Morgan fingerprint density at radius 1 is 0.229 bits per heavy atom. The minimum atomic E-state index is 0.0553. The maximum atomic E-state index is 6.21. The third-order valence-electron chi connectivity index (χ3n) is 26.7. The summed E-state index contributed by atoms with van der Waals surface area (Å²) in [4.78, 5) is 0. The molecule has 0 bridgehead atoms. The molecule has 688 valence electrons. The number of fused-ring (bicyclic) bond motifs is 12. The molecule has 16 heteroatoms. The highest BCUT2D eigenvalue weighted by molar-refractivity contribution is 6.14. The zero-order valence-corrected chi connectivity index (χ0v) is 81.2. The highest BCUT2D eigenvalue weighted by Crippen LogP contribution is 2.46. The Kier molecular flexibility index (Phi) is 24.0. The van der Waals surface area contributed by atoms with Crippen LogP contribution in [0.1, 0.15) is 139 Å². The Bertz CT molecular complexity index is 8450. The Morgan fingerprint density at radius 3 is 0.714 bits per heavy atom. The largest absolute Gasteiger partial charge is 0.416 e. The second kappa shape index (κ2) is 37.4. The van der Waals surface area contributed by atoms with E-state index in [-0.39, 0.29) is 10.8 Å². The quantitative estimate of drug-likeness (QED) is 0.0896. The molecule has 0 N–H and O–H groups in total. The molecule has 0 aliphatic carbocycles. The molecule has 0 atom stereocenters. The van der Waals surface area contributed by atoms with E-state index in [0.29, 0.717) is 59.0 Å². The van der Waals surface area contributed by atoms with Crippen LogP contribution >= 0.6 is 0 Å². The van der Waals surface area contributed by atoms with Crippen LogP contribution in [-0.4, -0.2) is 59.1 Å². The lowest BCUT2D eigenvalue weighted by atomic mass is 9.85. The molecule has 0 amide bonds. The smallest absolute Gasteiger partial charge is 0.250 e. The maximum absolute atomic E-state index is 6.21. The highest BCUT2D eigenvalue weighted by atomic mass is 16.4. The number of nitrogens with zero attached hydrogens (tertiary/aromatic N) is 12. The summed E-state index contributed by atoms with van der Waals surface area (Å²) in [5, 5.41) is 45.1. The minimum absolute atomic E-state index is 0.0553. The minimum Gasteiger partial charge on any atom is -0.416 e. The van der Waals surface area contributed by atoms with Crippen molar-refractivity contribution in [2.45, 2.75) is 132 Å². The van der Waals surface area contributed by atoms with E-state index in [9.17, 15) is 0 Å². The van der Waals surface area contributed by atoms with Crippen LogP contribution < -0.4 is 0 Å². The van der Waals surface area contributed by atoms with Gasteiger partial charge in [-0.2, -0.15) is 0 Å². The summed E-state index contributed by atoms with van der Waals surface area (Å²) in [5.41, 5.74) is 31.3. The first-order valence-corrected chi connectivity index (χ1v) is 48.3. The first kappa shape index (κ1) is 89.8. The number of hydrogen-bond donors (Lipinski definition) is 0. The van der Waals surface area contributed by atoms with Crippen molar-refractivity contribution >= 4 is 87.2 Å². The molecule has 16 aromatic carbocycles. The predicted molar refractivity (Wildman–Crippen MR) is 572 cm³/mol. The Labute approximate surface area is 814 Å². The van der Waals surface area contributed by atoms with Gasteiger partial charge in [0.05, 0.1) is 89.1 Å². The molecule has 0 radical (unpaired) electrons. The van der Waals surface area contributed by atoms with Crippen molar-refractivity contribution in [3.63, 3.8) is 0 Å². The second-order valence-corrected chi connectivity index (χ2v) is 38.8. The van der Waals surface area contributed by atoms with E-state index in [4.69, 9.17) is 17.7 Å². The van der Waals surface area contributed by atoms with Crippen molar-refractivity contribution in [2.75, 3.05) is 0 Å². The molecule has 16 nitrogen and oxygen atoms in total. The zero-order chi connectivity index (χ0) is 96.2. The van der Waals surface area contributed by atoms with Crippen LogP contribution in [0.15, 0.2) is 382 Å². The number of aryl methyl sites for hydroxylation is 4. The second-order valence-electron chi connectivity index (χ2n) is 38.8. The summed E-state index contributed by atoms with van der Waals surface area (Å²) in [5.74, 6) is 5.04. The lowest BCUT2D eigenvalue weighted by Crippen LogP contribution is -2.10. The molecule has 8 heterocycles. The zero-order valence-electron chi connectivity index (χ0n) is 81.2. The Balaban J connectivity index is 0.000000111. The fourth-order valence-corrected chi connectivity index (χ4v) is 19.1. The van der Waals surface area contributed by atoms with Crippen LogP contribution in [0.3, 0.4) is 0 Å². The molecular weight excluding hydrogens is 1720 g/mol. The monoisotopic (exact) mass is 1830 g/mol. The summed E-state index contributed by atoms with van der Waals surface area (Å²) in [6.45, 7) is 31.3. The van der Waals surface area contributed by atoms with Crippen LogP contribution in [-0.2, 0) is 23.7 Å². The lowest BCUT2D eigenvalue weighted by molar-refractivity contribution is 0.584. The van der Waals surface area contributed by atoms with Crippen molar-refractivity contribution in [2.24, 2.45) is 0 Å². The average molecular weight is 1830 g/mol. The number of rotatable bonds is 16. The topological polar surface area (TPSA) is 175 Å². The van der Waals surface area contributed by atoms with Crippen LogP contribution in [0.25, 0.3) is 202 Å². The molecule has 24 aromatic rings. The maximum Gasteiger partial charge on any atom is 0.250 e. The van der Waals surface area contributed by atoms with Gasteiger partial charge in [-0.15, -0.1) is 40.8 Å². The fraction of sp³-hybridized carbons (Fsp3) is 0.161. The van der Waals surface area contributed by atoms with Crippen molar-refractivity contribution in [1.29, 1.82) is 0 Å². The third-order valence-corrected chi connectivity index (χ3v) is 26.7. The van der Waals surface area contributed by atoms with Gasteiger partial charge in [0.2, 0.25) is 47.1 Å². The Morgan fingerprint density at radius 2 is 0.450 bits per heavy atom. The van der Waals surface area contributed by atoms with Crippen LogP contribution in [0.4, 0.5) is 0 Å². The van der Waals surface area contributed by atoms with Crippen molar-refractivity contribution in [3.05, 3.63) is 408 Å². The summed E-state index contributed by atoms with van der Waals surface area (Å²) >= 11 is 0. The Hall–Kier alpha value is -16.7. The van der Waals surface area contributed by atoms with Gasteiger partial charge in [-0.05, 0) is 277 Å². The standard InChI is InChI=1S/C34H33N3O.C32H29N3O.C30H25N3O.C28H21N3O/c1-33(2,3)23-16-18-29-26(20-23)27-21-24(34(4,5)6)17-19-30(27)37(29)28-15-11-10-14-25(28)32-36-35-31(38-32)22-12-8-7-9-13-22;1-20(2)23-14-16-29-26(18-23)27-19-24(21(3)4)15-17-30(27)35(29)28-13-9-8-12-25(28)32-34-33-31(36-32)22-10-6-5-7-11-22;1-3-20-14-16-27-24(18-20)25-19-21(4-2)15-17-28(25)33(27)26-13-9-8-12-23(26)30-32-31-29(34-30)22-10-6-5-7-11-22;1-18-12-14-25-22(16-18)23-17-19(2)13-15-26(23)31(25)24-11-7-6-10-21(24)28-30-29-27(32-28)20-8-4-3-5-9-20/h7-21H,1-6H3;5-21H,1-4H3;5-19H,3-4H2,1-2H3;3-17H,1-2H3. The van der Waals surface area contributed by atoms with Gasteiger partial charge >= 0.3 is 0 Å². The van der Waals surface area contributed by atoms with E-state index >= 15 is 0 Å². The first-order chi connectivity index (χ1) is 68.1. The van der Waals surface area contributed by atoms with Gasteiger partial charge in [0.15, 0.2) is 0 Å². The van der Waals surface area contributed by atoms with Crippen LogP contribution in [0.2, 0.25) is 0 Å². The number of aromatic nitrogens is 12. The average Bonchev–Trinajstić information content (AvgIpc) is 1.59. The van der Waals surface area contributed by atoms with Crippen LogP contribution in [0, 0.1) is 13.8 Å². The number of para-hydroxylation sites is 4. The van der Waals surface area contributed by atoms with E-state index in [0.717, 1.165) is 102 Å². The van der Waals surface area contributed by atoms with Gasteiger partial charge in [-0.3, -0.25) is 0 Å². The van der Waals surface area contributed by atoms with E-state index in [2.05, 4.69) is 362 Å². The molecule has 0 aliphatic heterocycles. The normalized spacial score (nSPS) is 11.8. The van der Waals surface area contributed by atoms with E-state index < -0.39 is 0 Å². The molecule has 0 spiro atoms. The number of benzene rings is 16. The third kappa shape index (κ3) is 17.2. The van der Waals surface area contributed by atoms with Gasteiger partial charge in [0.25, 0.3) is 0 Å². The van der Waals surface area contributed by atoms with Crippen molar-refractivity contribution < 1.29 is 17.7 Å². The predicted octanol–water partition coefficient (Wildman–Crippen LogP) is 32.6. The number of hydrogen-bond acceptors (Lipinski definition) is 12. The van der Waals surface area contributed by atoms with Gasteiger partial charge < -0.3 is 35.9 Å².